The normalized spacial score (nSPS) is 18.1. The van der Waals surface area contributed by atoms with E-state index in [1.54, 1.807) is 7.11 Å². The molecule has 1 aliphatic rings. The van der Waals surface area contributed by atoms with E-state index in [0.29, 0.717) is 0 Å². The van der Waals surface area contributed by atoms with E-state index < -0.39 is 0 Å². The fourth-order valence-electron chi connectivity index (χ4n) is 3.20. The summed E-state index contributed by atoms with van der Waals surface area (Å²) in [6.07, 6.45) is 6.00. The van der Waals surface area contributed by atoms with Gasteiger partial charge in [0.1, 0.15) is 5.75 Å². The molecular weight excluding hydrogens is 240 g/mol. The van der Waals surface area contributed by atoms with Crippen LogP contribution in [0.25, 0.3) is 5.52 Å². The zero-order valence-corrected chi connectivity index (χ0v) is 11.3. The third-order valence-corrected chi connectivity index (χ3v) is 4.07. The molecule has 2 heterocycles. The Kier molecular flexibility index (Phi) is 2.93. The highest BCUT2D eigenvalue weighted by molar-refractivity contribution is 5.64. The number of carbonyl (C=O) groups excluding carboxylic acids is 1. The number of hydrogen-bond acceptors (Lipinski definition) is 2. The lowest BCUT2D eigenvalue weighted by atomic mass is 9.90. The average Bonchev–Trinajstić information content (AvgIpc) is 2.73. The number of aryl methyl sites for hydroxylation is 2. The second-order valence-electron chi connectivity index (χ2n) is 5.04. The topological polar surface area (TPSA) is 42.7 Å². The maximum Gasteiger partial charge on any atom is 0.207 e. The Morgan fingerprint density at radius 3 is 3.05 bits per heavy atom. The summed E-state index contributed by atoms with van der Waals surface area (Å²) in [5.74, 6) is 0.857. The number of rotatable bonds is 3. The Hall–Kier alpha value is -1.97. The van der Waals surface area contributed by atoms with Crippen LogP contribution in [0.3, 0.4) is 0 Å². The van der Waals surface area contributed by atoms with E-state index in [0.717, 1.165) is 31.4 Å². The average molecular weight is 258 g/mol. The molecule has 0 radical (unpaired) electrons. The number of nitrogens with zero attached hydrogens (tertiary/aromatic N) is 1. The summed E-state index contributed by atoms with van der Waals surface area (Å²) in [6, 6.07) is 4.22. The first kappa shape index (κ1) is 12.1. The summed E-state index contributed by atoms with van der Waals surface area (Å²) in [5, 5.41) is 2.95. The van der Waals surface area contributed by atoms with Gasteiger partial charge in [0.2, 0.25) is 6.41 Å². The highest BCUT2D eigenvalue weighted by Gasteiger charge is 2.26. The van der Waals surface area contributed by atoms with E-state index in [1.807, 2.05) is 12.3 Å². The van der Waals surface area contributed by atoms with Crippen LogP contribution in [0.1, 0.15) is 35.7 Å². The van der Waals surface area contributed by atoms with Gasteiger partial charge in [-0.3, -0.25) is 4.79 Å². The van der Waals surface area contributed by atoms with Gasteiger partial charge >= 0.3 is 0 Å². The molecule has 0 saturated carbocycles. The molecule has 19 heavy (non-hydrogen) atoms. The lowest BCUT2D eigenvalue weighted by Crippen LogP contribution is -2.24. The molecule has 1 N–H and O–H groups in total. The predicted molar refractivity (Wildman–Crippen MR) is 73.6 cm³/mol. The highest BCUT2D eigenvalue weighted by atomic mass is 16.5. The molecule has 1 unspecified atom stereocenters. The van der Waals surface area contributed by atoms with Crippen LogP contribution in [0.5, 0.6) is 5.75 Å². The van der Waals surface area contributed by atoms with Crippen LogP contribution in [0.2, 0.25) is 0 Å². The van der Waals surface area contributed by atoms with Gasteiger partial charge in [-0.05, 0) is 49.4 Å². The summed E-state index contributed by atoms with van der Waals surface area (Å²) in [4.78, 5) is 10.8. The maximum absolute atomic E-state index is 10.8. The van der Waals surface area contributed by atoms with Gasteiger partial charge < -0.3 is 14.5 Å². The first-order valence-electron chi connectivity index (χ1n) is 6.63. The summed E-state index contributed by atoms with van der Waals surface area (Å²) in [5.41, 5.74) is 5.05. The van der Waals surface area contributed by atoms with Crippen molar-refractivity contribution in [3.8, 4) is 5.75 Å². The molecule has 4 nitrogen and oxygen atoms in total. The van der Waals surface area contributed by atoms with Crippen molar-refractivity contribution < 1.29 is 9.53 Å². The van der Waals surface area contributed by atoms with Crippen molar-refractivity contribution in [1.29, 1.82) is 0 Å². The number of carbonyl (C=O) groups is 1. The number of ether oxygens (including phenoxy) is 1. The van der Waals surface area contributed by atoms with Crippen LogP contribution in [-0.4, -0.2) is 17.9 Å². The number of fused-ring (bicyclic) bond motifs is 3. The second kappa shape index (κ2) is 4.61. The number of aromatic nitrogens is 1. The maximum atomic E-state index is 10.8. The summed E-state index contributed by atoms with van der Waals surface area (Å²) < 4.78 is 7.51. The Morgan fingerprint density at radius 2 is 2.32 bits per heavy atom. The molecular formula is C15H18N2O2. The monoisotopic (exact) mass is 258 g/mol. The van der Waals surface area contributed by atoms with Gasteiger partial charge in [0.15, 0.2) is 0 Å². The number of nitrogens with one attached hydrogen (secondary N) is 1. The van der Waals surface area contributed by atoms with Crippen molar-refractivity contribution in [2.75, 3.05) is 7.11 Å². The zero-order valence-electron chi connectivity index (χ0n) is 11.3. The summed E-state index contributed by atoms with van der Waals surface area (Å²) >= 11 is 0. The molecule has 0 aliphatic heterocycles. The third kappa shape index (κ3) is 1.79. The Labute approximate surface area is 112 Å². The molecule has 0 bridgehead atoms. The number of amides is 1. The van der Waals surface area contributed by atoms with Crippen molar-refractivity contribution in [3.63, 3.8) is 0 Å². The van der Waals surface area contributed by atoms with Gasteiger partial charge in [-0.15, -0.1) is 0 Å². The minimum Gasteiger partial charge on any atom is -0.495 e. The van der Waals surface area contributed by atoms with E-state index in [2.05, 4.69) is 22.7 Å². The second-order valence-corrected chi connectivity index (χ2v) is 5.04. The van der Waals surface area contributed by atoms with Crippen molar-refractivity contribution >= 4 is 11.9 Å². The Balaban J connectivity index is 2.23. The van der Waals surface area contributed by atoms with Crippen LogP contribution in [0, 0.1) is 6.92 Å². The van der Waals surface area contributed by atoms with E-state index in [4.69, 9.17) is 4.74 Å². The smallest absolute Gasteiger partial charge is 0.207 e. The predicted octanol–water partition coefficient (Wildman–Crippen LogP) is 2.38. The standard InChI is InChI=1S/C15H18N2O2/c1-10-13-7-6-11(19-2)8-17(13)14-5-3-4-12(15(10)14)16-9-18/h6-9,12H,3-5H2,1-2H3,(H,16,18). The van der Waals surface area contributed by atoms with Crippen molar-refractivity contribution in [2.45, 2.75) is 32.2 Å². The fraction of sp³-hybridized carbons (Fsp3) is 0.400. The third-order valence-electron chi connectivity index (χ3n) is 4.07. The molecule has 1 amide bonds. The van der Waals surface area contributed by atoms with Crippen LogP contribution in [-0.2, 0) is 11.2 Å². The minimum absolute atomic E-state index is 0.146. The number of methoxy groups -OCH3 is 1. The molecule has 0 aromatic carbocycles. The van der Waals surface area contributed by atoms with Gasteiger partial charge in [-0.1, -0.05) is 0 Å². The SMILES string of the molecule is COc1ccc2c(C)c3c(n2c1)CCCC3NC=O. The minimum atomic E-state index is 0.146. The highest BCUT2D eigenvalue weighted by Crippen LogP contribution is 2.36. The molecule has 4 heteroatoms. The van der Waals surface area contributed by atoms with Gasteiger partial charge in [-0.2, -0.15) is 0 Å². The molecule has 100 valence electrons. The quantitative estimate of drug-likeness (QED) is 0.859. The van der Waals surface area contributed by atoms with Crippen molar-refractivity contribution in [1.82, 2.24) is 9.72 Å². The molecule has 3 rings (SSSR count). The van der Waals surface area contributed by atoms with Crippen molar-refractivity contribution in [3.05, 3.63) is 35.2 Å². The van der Waals surface area contributed by atoms with E-state index >= 15 is 0 Å². The molecule has 1 aliphatic carbocycles. The van der Waals surface area contributed by atoms with Gasteiger partial charge in [0.05, 0.1) is 19.3 Å². The molecule has 0 saturated heterocycles. The Morgan fingerprint density at radius 1 is 1.47 bits per heavy atom. The summed E-state index contributed by atoms with van der Waals surface area (Å²) in [7, 11) is 1.68. The molecule has 1 atom stereocenters. The van der Waals surface area contributed by atoms with Crippen LogP contribution < -0.4 is 10.1 Å². The van der Waals surface area contributed by atoms with E-state index in [1.165, 1.54) is 22.3 Å². The van der Waals surface area contributed by atoms with Crippen LogP contribution >= 0.6 is 0 Å². The van der Waals surface area contributed by atoms with Crippen LogP contribution in [0.15, 0.2) is 18.3 Å². The van der Waals surface area contributed by atoms with Crippen LogP contribution in [0.4, 0.5) is 0 Å². The fourth-order valence-corrected chi connectivity index (χ4v) is 3.20. The molecule has 2 aromatic heterocycles. The largest absolute Gasteiger partial charge is 0.495 e. The lowest BCUT2D eigenvalue weighted by molar-refractivity contribution is -0.110. The van der Waals surface area contributed by atoms with E-state index in [9.17, 15) is 4.79 Å². The summed E-state index contributed by atoms with van der Waals surface area (Å²) in [6.45, 7) is 2.13. The molecule has 2 aromatic rings. The van der Waals surface area contributed by atoms with E-state index in [-0.39, 0.29) is 6.04 Å². The number of pyridine rings is 1. The van der Waals surface area contributed by atoms with Crippen molar-refractivity contribution in [2.24, 2.45) is 0 Å². The van der Waals surface area contributed by atoms with Gasteiger partial charge in [0.25, 0.3) is 0 Å². The molecule has 0 spiro atoms. The van der Waals surface area contributed by atoms with Gasteiger partial charge in [-0.25, -0.2) is 0 Å². The first-order chi connectivity index (χ1) is 9.26. The lowest BCUT2D eigenvalue weighted by Gasteiger charge is -2.23. The Bertz CT molecular complexity index is 631. The van der Waals surface area contributed by atoms with Gasteiger partial charge in [0, 0.05) is 11.2 Å². The first-order valence-corrected chi connectivity index (χ1v) is 6.63. The zero-order chi connectivity index (χ0) is 13.4. The number of hydrogen-bond donors (Lipinski definition) is 1. The molecule has 0 fully saturated rings.